The van der Waals surface area contributed by atoms with E-state index in [1.807, 2.05) is 46.8 Å². The van der Waals surface area contributed by atoms with Crippen molar-refractivity contribution in [3.8, 4) is 0 Å². The molecule has 3 aromatic heterocycles. The molecule has 32 heavy (non-hydrogen) atoms. The molecule has 0 N–H and O–H groups in total. The maximum Gasteiger partial charge on any atom is 0.274 e. The number of carbonyl (C=O) groups is 1. The van der Waals surface area contributed by atoms with Gasteiger partial charge in [0, 0.05) is 76.6 Å². The largest absolute Gasteiger partial charge is 0.355 e. The van der Waals surface area contributed by atoms with Crippen LogP contribution in [0, 0.1) is 6.92 Å². The van der Waals surface area contributed by atoms with E-state index < -0.39 is 0 Å². The Morgan fingerprint density at radius 2 is 1.75 bits per heavy atom. The Kier molecular flexibility index (Phi) is 5.65. The van der Waals surface area contributed by atoms with Gasteiger partial charge in [-0.15, -0.1) is 0 Å². The zero-order chi connectivity index (χ0) is 22.1. The number of pyridine rings is 1. The number of hydrogen-bond acceptors (Lipinski definition) is 7. The highest BCUT2D eigenvalue weighted by atomic mass is 16.2. The second-order valence-electron chi connectivity index (χ2n) is 8.67. The topological polar surface area (TPSA) is 73.1 Å². The Balaban J connectivity index is 1.33. The number of fused-ring (bicyclic) bond motifs is 1. The molecule has 2 aliphatic heterocycles. The summed E-state index contributed by atoms with van der Waals surface area (Å²) in [7, 11) is 2.13. The van der Waals surface area contributed by atoms with Crippen molar-refractivity contribution in [2.24, 2.45) is 0 Å². The van der Waals surface area contributed by atoms with Gasteiger partial charge >= 0.3 is 0 Å². The average Bonchev–Trinajstić information content (AvgIpc) is 3.09. The van der Waals surface area contributed by atoms with Crippen molar-refractivity contribution in [1.29, 1.82) is 0 Å². The van der Waals surface area contributed by atoms with E-state index in [1.54, 1.807) is 6.20 Å². The molecule has 2 saturated heterocycles. The summed E-state index contributed by atoms with van der Waals surface area (Å²) in [6.45, 7) is 8.86. The minimum absolute atomic E-state index is 0.0166. The number of anilines is 2. The summed E-state index contributed by atoms with van der Waals surface area (Å²) in [5.41, 5.74) is 2.24. The van der Waals surface area contributed by atoms with Crippen LogP contribution in [0.5, 0.6) is 0 Å². The molecule has 0 saturated carbocycles. The van der Waals surface area contributed by atoms with E-state index in [1.165, 1.54) is 0 Å². The van der Waals surface area contributed by atoms with Crippen LogP contribution in [-0.2, 0) is 0 Å². The second kappa shape index (κ2) is 8.74. The van der Waals surface area contributed by atoms with E-state index in [9.17, 15) is 4.79 Å². The summed E-state index contributed by atoms with van der Waals surface area (Å²) >= 11 is 0. The number of imidazole rings is 1. The van der Waals surface area contributed by atoms with Gasteiger partial charge < -0.3 is 24.0 Å². The van der Waals surface area contributed by atoms with Gasteiger partial charge in [-0.3, -0.25) is 4.79 Å². The lowest BCUT2D eigenvalue weighted by atomic mass is 10.3. The molecular formula is C23H30N8O. The fourth-order valence-electron chi connectivity index (χ4n) is 4.47. The van der Waals surface area contributed by atoms with Gasteiger partial charge in [0.1, 0.15) is 11.5 Å². The number of likely N-dealkylation sites (N-methyl/N-ethyl adjacent to an activating group) is 1. The number of nitrogens with zero attached hydrogens (tertiary/aromatic N) is 8. The molecule has 2 fully saturated rings. The predicted molar refractivity (Wildman–Crippen MR) is 124 cm³/mol. The Hall–Kier alpha value is -3.20. The zero-order valence-electron chi connectivity index (χ0n) is 18.8. The van der Waals surface area contributed by atoms with Gasteiger partial charge in [-0.2, -0.15) is 0 Å². The highest BCUT2D eigenvalue weighted by Gasteiger charge is 2.25. The third-order valence-electron chi connectivity index (χ3n) is 6.36. The quantitative estimate of drug-likeness (QED) is 0.619. The Morgan fingerprint density at radius 1 is 0.938 bits per heavy atom. The Bertz CT molecular complexity index is 1100. The zero-order valence-corrected chi connectivity index (χ0v) is 18.8. The third-order valence-corrected chi connectivity index (χ3v) is 6.36. The van der Waals surface area contributed by atoms with Crippen molar-refractivity contribution < 1.29 is 4.79 Å². The minimum Gasteiger partial charge on any atom is -0.355 e. The maximum atomic E-state index is 13.3. The van der Waals surface area contributed by atoms with Crippen LogP contribution >= 0.6 is 0 Å². The van der Waals surface area contributed by atoms with Gasteiger partial charge in [0.15, 0.2) is 11.5 Å². The van der Waals surface area contributed by atoms with Crippen LogP contribution in [0.4, 0.5) is 11.6 Å². The molecule has 0 bridgehead atoms. The summed E-state index contributed by atoms with van der Waals surface area (Å²) in [4.78, 5) is 36.0. The molecule has 9 heteroatoms. The van der Waals surface area contributed by atoms with Crippen molar-refractivity contribution >= 4 is 23.2 Å². The van der Waals surface area contributed by atoms with Crippen molar-refractivity contribution in [3.63, 3.8) is 0 Å². The van der Waals surface area contributed by atoms with Crippen molar-refractivity contribution in [2.75, 3.05) is 69.2 Å². The molecule has 0 aromatic carbocycles. The van der Waals surface area contributed by atoms with Gasteiger partial charge in [-0.1, -0.05) is 6.07 Å². The van der Waals surface area contributed by atoms with E-state index in [0.29, 0.717) is 12.2 Å². The number of aromatic nitrogens is 4. The van der Waals surface area contributed by atoms with E-state index in [4.69, 9.17) is 4.98 Å². The molecule has 5 rings (SSSR count). The first kappa shape index (κ1) is 20.7. The van der Waals surface area contributed by atoms with E-state index in [-0.39, 0.29) is 5.91 Å². The SMILES string of the molecule is Cc1cccc(N2CCCN(C(=O)c3cn4ccnc(N5CCN(C)CC5)c4n3)CC2)n1. The minimum atomic E-state index is -0.0166. The number of piperazine rings is 1. The summed E-state index contributed by atoms with van der Waals surface area (Å²) in [5.74, 6) is 1.82. The van der Waals surface area contributed by atoms with Crippen LogP contribution < -0.4 is 9.80 Å². The molecule has 2 aliphatic rings. The lowest BCUT2D eigenvalue weighted by Gasteiger charge is -2.33. The Labute approximate surface area is 188 Å². The van der Waals surface area contributed by atoms with E-state index in [2.05, 4.69) is 31.7 Å². The predicted octanol–water partition coefficient (Wildman–Crippen LogP) is 1.54. The van der Waals surface area contributed by atoms with Crippen molar-refractivity contribution in [2.45, 2.75) is 13.3 Å². The third kappa shape index (κ3) is 4.12. The molecule has 0 aliphatic carbocycles. The summed E-state index contributed by atoms with van der Waals surface area (Å²) in [6.07, 6.45) is 6.40. The van der Waals surface area contributed by atoms with Crippen LogP contribution in [0.2, 0.25) is 0 Å². The van der Waals surface area contributed by atoms with Crippen LogP contribution in [0.3, 0.4) is 0 Å². The molecule has 5 heterocycles. The van der Waals surface area contributed by atoms with Gasteiger partial charge in [-0.25, -0.2) is 15.0 Å². The second-order valence-corrected chi connectivity index (χ2v) is 8.67. The van der Waals surface area contributed by atoms with Gasteiger partial charge in [0.25, 0.3) is 5.91 Å². The van der Waals surface area contributed by atoms with E-state index >= 15 is 0 Å². The lowest BCUT2D eigenvalue weighted by Crippen LogP contribution is -2.45. The van der Waals surface area contributed by atoms with Gasteiger partial charge in [0.2, 0.25) is 0 Å². The van der Waals surface area contributed by atoms with Gasteiger partial charge in [-0.05, 0) is 32.5 Å². The fourth-order valence-corrected chi connectivity index (χ4v) is 4.47. The smallest absolute Gasteiger partial charge is 0.274 e. The molecule has 0 unspecified atom stereocenters. The maximum absolute atomic E-state index is 13.3. The highest BCUT2D eigenvalue weighted by Crippen LogP contribution is 2.21. The number of amides is 1. The molecule has 0 atom stereocenters. The molecule has 3 aromatic rings. The first-order valence-electron chi connectivity index (χ1n) is 11.3. The lowest BCUT2D eigenvalue weighted by molar-refractivity contribution is 0.0762. The van der Waals surface area contributed by atoms with E-state index in [0.717, 1.165) is 75.2 Å². The Morgan fingerprint density at radius 3 is 2.56 bits per heavy atom. The van der Waals surface area contributed by atoms with Crippen molar-refractivity contribution in [3.05, 3.63) is 48.2 Å². The summed E-state index contributed by atoms with van der Waals surface area (Å²) in [6, 6.07) is 6.08. The monoisotopic (exact) mass is 434 g/mol. The number of aryl methyl sites for hydroxylation is 1. The van der Waals surface area contributed by atoms with Crippen molar-refractivity contribution in [1.82, 2.24) is 29.2 Å². The van der Waals surface area contributed by atoms with Crippen LogP contribution in [0.25, 0.3) is 5.65 Å². The highest BCUT2D eigenvalue weighted by molar-refractivity contribution is 5.93. The fraction of sp³-hybridized carbons (Fsp3) is 0.478. The molecule has 0 spiro atoms. The molecule has 1 amide bonds. The standard InChI is InChI=1S/C23H30N8O/c1-18-5-3-6-20(25-18)28-8-4-9-30(16-15-28)23(32)19-17-31-10-7-24-21(22(31)26-19)29-13-11-27(2)12-14-29/h3,5-7,10,17H,4,8-9,11-16H2,1-2H3. The van der Waals surface area contributed by atoms with Crippen LogP contribution in [0.15, 0.2) is 36.8 Å². The molecule has 168 valence electrons. The molecule has 0 radical (unpaired) electrons. The normalized spacial score (nSPS) is 18.2. The first-order valence-corrected chi connectivity index (χ1v) is 11.3. The first-order chi connectivity index (χ1) is 15.6. The average molecular weight is 435 g/mol. The summed E-state index contributed by atoms with van der Waals surface area (Å²) in [5, 5.41) is 0. The van der Waals surface area contributed by atoms with Gasteiger partial charge in [0.05, 0.1) is 0 Å². The number of hydrogen-bond donors (Lipinski definition) is 0. The number of rotatable bonds is 3. The van der Waals surface area contributed by atoms with Crippen LogP contribution in [-0.4, -0.2) is 94.5 Å². The van der Waals surface area contributed by atoms with Crippen LogP contribution in [0.1, 0.15) is 22.6 Å². The molecule has 9 nitrogen and oxygen atoms in total. The molecular weight excluding hydrogens is 404 g/mol. The number of carbonyl (C=O) groups excluding carboxylic acids is 1. The summed E-state index contributed by atoms with van der Waals surface area (Å²) < 4.78 is 1.93.